The van der Waals surface area contributed by atoms with Gasteiger partial charge in [-0.05, 0) is 18.2 Å². The summed E-state index contributed by atoms with van der Waals surface area (Å²) in [6.45, 7) is 1.96. The molecule has 6 heteroatoms. The first-order chi connectivity index (χ1) is 10.1. The maximum absolute atomic E-state index is 12.7. The number of rotatable bonds is 5. The fraction of sp³-hybridized carbons (Fsp3) is 0.333. The summed E-state index contributed by atoms with van der Waals surface area (Å²) < 4.78 is 1.28. The van der Waals surface area contributed by atoms with Gasteiger partial charge in [0.25, 0.3) is 5.56 Å². The lowest BCUT2D eigenvalue weighted by Crippen LogP contribution is -2.39. The van der Waals surface area contributed by atoms with Gasteiger partial charge in [0.15, 0.2) is 0 Å². The third-order valence-electron chi connectivity index (χ3n) is 3.35. The molecule has 2 rings (SSSR count). The van der Waals surface area contributed by atoms with Crippen molar-refractivity contribution in [3.05, 3.63) is 56.3 Å². The minimum Gasteiger partial charge on any atom is -0.297 e. The van der Waals surface area contributed by atoms with Crippen molar-refractivity contribution in [2.24, 2.45) is 0 Å². The Hall–Kier alpha value is -1.46. The van der Waals surface area contributed by atoms with Crippen LogP contribution >= 0.6 is 23.4 Å². The minimum absolute atomic E-state index is 0.0893. The summed E-state index contributed by atoms with van der Waals surface area (Å²) in [5.41, 5.74) is 0.259. The van der Waals surface area contributed by atoms with E-state index in [4.69, 9.17) is 11.6 Å². The van der Waals surface area contributed by atoms with E-state index in [0.717, 1.165) is 0 Å². The van der Waals surface area contributed by atoms with E-state index >= 15 is 0 Å². The van der Waals surface area contributed by atoms with Crippen molar-refractivity contribution in [1.29, 1.82) is 0 Å². The predicted octanol–water partition coefficient (Wildman–Crippen LogP) is 3.17. The standard InChI is InChI=1S/C15H17ClN2O2S/c1-3-11(9-21-2)18-14(19)12(13(16)17-15(18)20)10-7-5-4-6-8-10/h4-8,11H,3,9H2,1-2H3,(H,17,20). The average Bonchev–Trinajstić information content (AvgIpc) is 2.47. The molecule has 0 fully saturated rings. The minimum atomic E-state index is -0.453. The molecular formula is C15H17ClN2O2S. The molecule has 0 amide bonds. The van der Waals surface area contributed by atoms with Gasteiger partial charge in [0, 0.05) is 5.75 Å². The van der Waals surface area contributed by atoms with Gasteiger partial charge in [0.1, 0.15) is 5.15 Å². The Morgan fingerprint density at radius 1 is 1.29 bits per heavy atom. The molecule has 0 aliphatic carbocycles. The lowest BCUT2D eigenvalue weighted by atomic mass is 10.1. The molecule has 1 unspecified atom stereocenters. The molecule has 0 bridgehead atoms. The van der Waals surface area contributed by atoms with Crippen molar-refractivity contribution >= 4 is 23.4 Å². The van der Waals surface area contributed by atoms with E-state index in [9.17, 15) is 9.59 Å². The van der Waals surface area contributed by atoms with Crippen LogP contribution in [0.5, 0.6) is 0 Å². The molecule has 0 radical (unpaired) electrons. The van der Waals surface area contributed by atoms with Crippen LogP contribution in [0.25, 0.3) is 11.1 Å². The topological polar surface area (TPSA) is 54.9 Å². The number of nitrogens with one attached hydrogen (secondary N) is 1. The van der Waals surface area contributed by atoms with Gasteiger partial charge in [-0.2, -0.15) is 11.8 Å². The maximum Gasteiger partial charge on any atom is 0.329 e. The lowest BCUT2D eigenvalue weighted by Gasteiger charge is -2.17. The van der Waals surface area contributed by atoms with Crippen molar-refractivity contribution < 1.29 is 0 Å². The van der Waals surface area contributed by atoms with E-state index in [-0.39, 0.29) is 16.8 Å². The second kappa shape index (κ2) is 7.00. The van der Waals surface area contributed by atoms with Crippen molar-refractivity contribution in [3.8, 4) is 11.1 Å². The Labute approximate surface area is 132 Å². The van der Waals surface area contributed by atoms with Crippen LogP contribution < -0.4 is 11.2 Å². The first kappa shape index (κ1) is 15.9. The second-order valence-electron chi connectivity index (χ2n) is 4.68. The van der Waals surface area contributed by atoms with Gasteiger partial charge < -0.3 is 0 Å². The van der Waals surface area contributed by atoms with Crippen LogP contribution in [0.3, 0.4) is 0 Å². The highest BCUT2D eigenvalue weighted by Crippen LogP contribution is 2.22. The Bertz CT molecular complexity index is 725. The zero-order chi connectivity index (χ0) is 15.4. The van der Waals surface area contributed by atoms with Crippen molar-refractivity contribution in [2.45, 2.75) is 19.4 Å². The first-order valence-electron chi connectivity index (χ1n) is 6.68. The van der Waals surface area contributed by atoms with Crippen molar-refractivity contribution in [3.63, 3.8) is 0 Å². The fourth-order valence-electron chi connectivity index (χ4n) is 2.28. The summed E-state index contributed by atoms with van der Waals surface area (Å²) in [7, 11) is 0. The van der Waals surface area contributed by atoms with Gasteiger partial charge in [-0.3, -0.25) is 14.3 Å². The van der Waals surface area contributed by atoms with E-state index in [1.807, 2.05) is 31.4 Å². The molecular weight excluding hydrogens is 308 g/mol. The second-order valence-corrected chi connectivity index (χ2v) is 5.97. The smallest absolute Gasteiger partial charge is 0.297 e. The van der Waals surface area contributed by atoms with Crippen molar-refractivity contribution in [1.82, 2.24) is 9.55 Å². The summed E-state index contributed by atoms with van der Waals surface area (Å²) in [5, 5.41) is 0.0893. The van der Waals surface area contributed by atoms with Gasteiger partial charge in [0.05, 0.1) is 11.6 Å². The molecule has 21 heavy (non-hydrogen) atoms. The van der Waals surface area contributed by atoms with Gasteiger partial charge >= 0.3 is 5.69 Å². The number of thioether (sulfide) groups is 1. The molecule has 0 saturated heterocycles. The molecule has 0 aliphatic rings. The monoisotopic (exact) mass is 324 g/mol. The van der Waals surface area contributed by atoms with E-state index in [1.165, 1.54) is 4.57 Å². The molecule has 1 aromatic heterocycles. The number of benzene rings is 1. The molecule has 1 atom stereocenters. The number of hydrogen-bond donors (Lipinski definition) is 1. The number of aromatic amines is 1. The largest absolute Gasteiger partial charge is 0.329 e. The van der Waals surface area contributed by atoms with Crippen molar-refractivity contribution in [2.75, 3.05) is 12.0 Å². The molecule has 0 saturated carbocycles. The van der Waals surface area contributed by atoms with Crippen LogP contribution in [0.4, 0.5) is 0 Å². The Morgan fingerprint density at radius 3 is 2.52 bits per heavy atom. The zero-order valence-electron chi connectivity index (χ0n) is 11.9. The van der Waals surface area contributed by atoms with Gasteiger partial charge in [0.2, 0.25) is 0 Å². The number of halogens is 1. The number of H-pyrrole nitrogens is 1. The maximum atomic E-state index is 12.7. The summed E-state index contributed by atoms with van der Waals surface area (Å²) in [5.74, 6) is 0.704. The van der Waals surface area contributed by atoms with Gasteiger partial charge in [-0.25, -0.2) is 4.79 Å². The van der Waals surface area contributed by atoms with Gasteiger partial charge in [-0.15, -0.1) is 0 Å². The highest BCUT2D eigenvalue weighted by atomic mass is 35.5. The molecule has 1 aromatic carbocycles. The zero-order valence-corrected chi connectivity index (χ0v) is 13.5. The highest BCUT2D eigenvalue weighted by Gasteiger charge is 2.19. The number of nitrogens with zero attached hydrogens (tertiary/aromatic N) is 1. The van der Waals surface area contributed by atoms with Crippen LogP contribution in [-0.4, -0.2) is 21.6 Å². The Balaban J connectivity index is 2.69. The third-order valence-corrected chi connectivity index (χ3v) is 4.35. The quantitative estimate of drug-likeness (QED) is 0.859. The Morgan fingerprint density at radius 2 is 1.95 bits per heavy atom. The number of hydrogen-bond acceptors (Lipinski definition) is 3. The lowest BCUT2D eigenvalue weighted by molar-refractivity contribution is 0.498. The molecule has 2 aromatic rings. The molecule has 4 nitrogen and oxygen atoms in total. The van der Waals surface area contributed by atoms with Crippen LogP contribution in [0.2, 0.25) is 5.15 Å². The van der Waals surface area contributed by atoms with E-state index < -0.39 is 5.69 Å². The van der Waals surface area contributed by atoms with E-state index in [0.29, 0.717) is 23.3 Å². The summed E-state index contributed by atoms with van der Waals surface area (Å²) in [4.78, 5) is 27.5. The summed E-state index contributed by atoms with van der Waals surface area (Å²) in [6, 6.07) is 9.00. The van der Waals surface area contributed by atoms with Crippen LogP contribution in [0.1, 0.15) is 19.4 Å². The molecule has 1 N–H and O–H groups in total. The molecule has 0 aliphatic heterocycles. The first-order valence-corrected chi connectivity index (χ1v) is 8.46. The van der Waals surface area contributed by atoms with E-state index in [1.54, 1.807) is 23.9 Å². The normalized spacial score (nSPS) is 12.3. The molecule has 1 heterocycles. The van der Waals surface area contributed by atoms with Crippen LogP contribution in [0, 0.1) is 0 Å². The van der Waals surface area contributed by atoms with E-state index in [2.05, 4.69) is 4.98 Å². The summed E-state index contributed by atoms with van der Waals surface area (Å²) >= 11 is 7.70. The van der Waals surface area contributed by atoms with Crippen LogP contribution in [0.15, 0.2) is 39.9 Å². The predicted molar refractivity (Wildman–Crippen MR) is 89.5 cm³/mol. The number of aromatic nitrogens is 2. The highest BCUT2D eigenvalue weighted by molar-refractivity contribution is 7.98. The average molecular weight is 325 g/mol. The summed E-state index contributed by atoms with van der Waals surface area (Å²) in [6.07, 6.45) is 2.66. The SMILES string of the molecule is CCC(CSC)n1c(=O)[nH]c(Cl)c(-c2ccccc2)c1=O. The van der Waals surface area contributed by atoms with Gasteiger partial charge in [-0.1, -0.05) is 48.9 Å². The third kappa shape index (κ3) is 3.24. The fourth-order valence-corrected chi connectivity index (χ4v) is 3.32. The Kier molecular flexibility index (Phi) is 5.31. The molecule has 112 valence electrons. The van der Waals surface area contributed by atoms with Crippen LogP contribution in [-0.2, 0) is 0 Å². The molecule has 0 spiro atoms.